The van der Waals surface area contributed by atoms with Crippen molar-refractivity contribution in [3.63, 3.8) is 0 Å². The summed E-state index contributed by atoms with van der Waals surface area (Å²) in [4.78, 5) is 1.17. The minimum Gasteiger partial charge on any atom is -0.395 e. The van der Waals surface area contributed by atoms with Crippen molar-refractivity contribution in [2.75, 3.05) is 19.4 Å². The third-order valence-electron chi connectivity index (χ3n) is 1.89. The fraction of sp³-hybridized carbons (Fsp3) is 0.400. The van der Waals surface area contributed by atoms with Crippen LogP contribution in [-0.2, 0) is 0 Å². The van der Waals surface area contributed by atoms with Crippen LogP contribution in [0.2, 0.25) is 5.02 Å². The number of thioether (sulfide) groups is 1. The zero-order chi connectivity index (χ0) is 10.4. The van der Waals surface area contributed by atoms with E-state index in [4.69, 9.17) is 16.7 Å². The Hall–Kier alpha value is -0.220. The molecule has 1 rings (SSSR count). The highest BCUT2D eigenvalue weighted by Crippen LogP contribution is 2.20. The molecule has 0 saturated heterocycles. The molecule has 0 bridgehead atoms. The van der Waals surface area contributed by atoms with Crippen molar-refractivity contribution < 1.29 is 5.11 Å². The molecule has 0 saturated carbocycles. The van der Waals surface area contributed by atoms with E-state index < -0.39 is 0 Å². The van der Waals surface area contributed by atoms with E-state index in [1.807, 2.05) is 31.3 Å². The van der Waals surface area contributed by atoms with Gasteiger partial charge in [0, 0.05) is 21.7 Å². The Balaban J connectivity index is 2.41. The van der Waals surface area contributed by atoms with Gasteiger partial charge < -0.3 is 10.4 Å². The van der Waals surface area contributed by atoms with Gasteiger partial charge >= 0.3 is 0 Å². The molecule has 1 aromatic carbocycles. The number of rotatable bonds is 5. The summed E-state index contributed by atoms with van der Waals surface area (Å²) in [7, 11) is 1.85. The van der Waals surface area contributed by atoms with Gasteiger partial charge in [-0.05, 0) is 31.3 Å². The van der Waals surface area contributed by atoms with Gasteiger partial charge in [0.05, 0.1) is 6.61 Å². The zero-order valence-electron chi connectivity index (χ0n) is 8.03. The average molecular weight is 232 g/mol. The Kier molecular flexibility index (Phi) is 5.33. The second-order valence-corrected chi connectivity index (χ2v) is 4.46. The summed E-state index contributed by atoms with van der Waals surface area (Å²) in [5.74, 6) is 0.856. The first-order valence-corrected chi connectivity index (χ1v) is 5.79. The second-order valence-electron chi connectivity index (χ2n) is 2.93. The highest BCUT2D eigenvalue weighted by atomic mass is 35.5. The molecule has 1 atom stereocenters. The molecule has 2 nitrogen and oxygen atoms in total. The van der Waals surface area contributed by atoms with E-state index in [9.17, 15) is 0 Å². The van der Waals surface area contributed by atoms with Gasteiger partial charge in [0.15, 0.2) is 0 Å². The SMILES string of the molecule is CNC(CO)CSc1ccc(Cl)cc1. The topological polar surface area (TPSA) is 32.3 Å². The molecule has 14 heavy (non-hydrogen) atoms. The van der Waals surface area contributed by atoms with Crippen molar-refractivity contribution in [2.45, 2.75) is 10.9 Å². The second kappa shape index (κ2) is 6.30. The van der Waals surface area contributed by atoms with Crippen LogP contribution < -0.4 is 5.32 Å². The molecule has 0 aliphatic carbocycles. The van der Waals surface area contributed by atoms with E-state index in [0.29, 0.717) is 0 Å². The standard InChI is InChI=1S/C10H14ClNOS/c1-12-9(6-13)7-14-10-4-2-8(11)3-5-10/h2-5,9,12-13H,6-7H2,1H3. The molecule has 0 aliphatic rings. The molecule has 0 aliphatic heterocycles. The lowest BCUT2D eigenvalue weighted by molar-refractivity contribution is 0.260. The minimum atomic E-state index is 0.149. The number of hydrogen-bond donors (Lipinski definition) is 2. The smallest absolute Gasteiger partial charge is 0.0592 e. The summed E-state index contributed by atoms with van der Waals surface area (Å²) in [5.41, 5.74) is 0. The first kappa shape index (κ1) is 11.9. The molecule has 0 heterocycles. The van der Waals surface area contributed by atoms with Crippen molar-refractivity contribution in [3.05, 3.63) is 29.3 Å². The Labute approximate surface area is 93.7 Å². The number of aliphatic hydroxyl groups is 1. The maximum absolute atomic E-state index is 8.95. The largest absolute Gasteiger partial charge is 0.395 e. The van der Waals surface area contributed by atoms with Crippen LogP contribution in [0.3, 0.4) is 0 Å². The van der Waals surface area contributed by atoms with Crippen LogP contribution in [0.15, 0.2) is 29.2 Å². The van der Waals surface area contributed by atoms with E-state index in [-0.39, 0.29) is 12.6 Å². The molecule has 1 aromatic rings. The van der Waals surface area contributed by atoms with Crippen LogP contribution in [0.4, 0.5) is 0 Å². The van der Waals surface area contributed by atoms with E-state index in [1.54, 1.807) is 11.8 Å². The number of benzene rings is 1. The van der Waals surface area contributed by atoms with Crippen molar-refractivity contribution in [3.8, 4) is 0 Å². The van der Waals surface area contributed by atoms with Gasteiger partial charge in [-0.3, -0.25) is 0 Å². The normalized spacial score (nSPS) is 12.8. The molecule has 0 aromatic heterocycles. The Morgan fingerprint density at radius 1 is 1.43 bits per heavy atom. The maximum atomic E-state index is 8.95. The molecule has 0 radical (unpaired) electrons. The van der Waals surface area contributed by atoms with E-state index >= 15 is 0 Å². The van der Waals surface area contributed by atoms with E-state index in [0.717, 1.165) is 10.8 Å². The zero-order valence-corrected chi connectivity index (χ0v) is 9.61. The van der Waals surface area contributed by atoms with Crippen molar-refractivity contribution in [1.29, 1.82) is 0 Å². The average Bonchev–Trinajstić information content (AvgIpc) is 2.22. The first-order valence-electron chi connectivity index (χ1n) is 4.42. The quantitative estimate of drug-likeness (QED) is 0.761. The van der Waals surface area contributed by atoms with Gasteiger partial charge in [0.25, 0.3) is 0 Å². The fourth-order valence-corrected chi connectivity index (χ4v) is 2.08. The van der Waals surface area contributed by atoms with Crippen LogP contribution >= 0.6 is 23.4 Å². The first-order chi connectivity index (χ1) is 6.76. The molecule has 4 heteroatoms. The summed E-state index contributed by atoms with van der Waals surface area (Å²) < 4.78 is 0. The highest BCUT2D eigenvalue weighted by Gasteiger charge is 2.04. The Morgan fingerprint density at radius 2 is 2.07 bits per heavy atom. The number of likely N-dealkylation sites (N-methyl/N-ethyl adjacent to an activating group) is 1. The highest BCUT2D eigenvalue weighted by molar-refractivity contribution is 7.99. The minimum absolute atomic E-state index is 0.149. The van der Waals surface area contributed by atoms with Crippen LogP contribution in [0, 0.1) is 0 Å². The van der Waals surface area contributed by atoms with Gasteiger partial charge in [-0.25, -0.2) is 0 Å². The maximum Gasteiger partial charge on any atom is 0.0592 e. The van der Waals surface area contributed by atoms with E-state index in [2.05, 4.69) is 5.32 Å². The molecule has 0 spiro atoms. The predicted molar refractivity (Wildman–Crippen MR) is 62.1 cm³/mol. The van der Waals surface area contributed by atoms with Gasteiger partial charge in [0.1, 0.15) is 0 Å². The van der Waals surface area contributed by atoms with Gasteiger partial charge in [-0.1, -0.05) is 11.6 Å². The van der Waals surface area contributed by atoms with Crippen LogP contribution in [0.5, 0.6) is 0 Å². The van der Waals surface area contributed by atoms with Crippen molar-refractivity contribution >= 4 is 23.4 Å². The van der Waals surface area contributed by atoms with Crippen LogP contribution in [-0.4, -0.2) is 30.6 Å². The Bertz CT molecular complexity index is 261. The molecule has 0 amide bonds. The molecular weight excluding hydrogens is 218 g/mol. The number of nitrogens with one attached hydrogen (secondary N) is 1. The van der Waals surface area contributed by atoms with Gasteiger partial charge in [-0.15, -0.1) is 11.8 Å². The third-order valence-corrected chi connectivity index (χ3v) is 3.32. The predicted octanol–water partition coefficient (Wildman–Crippen LogP) is 2.01. The lowest BCUT2D eigenvalue weighted by Crippen LogP contribution is -2.31. The van der Waals surface area contributed by atoms with Crippen molar-refractivity contribution in [2.24, 2.45) is 0 Å². The van der Waals surface area contributed by atoms with Gasteiger partial charge in [-0.2, -0.15) is 0 Å². The summed E-state index contributed by atoms with van der Waals surface area (Å²) >= 11 is 7.47. The van der Waals surface area contributed by atoms with Crippen LogP contribution in [0.1, 0.15) is 0 Å². The Morgan fingerprint density at radius 3 is 2.57 bits per heavy atom. The molecular formula is C10H14ClNOS. The summed E-state index contributed by atoms with van der Waals surface area (Å²) in [5, 5.41) is 12.7. The van der Waals surface area contributed by atoms with Gasteiger partial charge in [0.2, 0.25) is 0 Å². The number of halogens is 1. The number of aliphatic hydroxyl groups excluding tert-OH is 1. The third kappa shape index (κ3) is 3.88. The number of hydrogen-bond acceptors (Lipinski definition) is 3. The molecule has 0 fully saturated rings. The lowest BCUT2D eigenvalue weighted by Gasteiger charge is -2.11. The summed E-state index contributed by atoms with van der Waals surface area (Å²) in [6.07, 6.45) is 0. The summed E-state index contributed by atoms with van der Waals surface area (Å²) in [6.45, 7) is 0.164. The fourth-order valence-electron chi connectivity index (χ4n) is 0.955. The monoisotopic (exact) mass is 231 g/mol. The molecule has 2 N–H and O–H groups in total. The molecule has 78 valence electrons. The van der Waals surface area contributed by atoms with Crippen LogP contribution in [0.25, 0.3) is 0 Å². The van der Waals surface area contributed by atoms with Crippen molar-refractivity contribution in [1.82, 2.24) is 5.32 Å². The summed E-state index contributed by atoms with van der Waals surface area (Å²) in [6, 6.07) is 7.86. The molecule has 1 unspecified atom stereocenters. The van der Waals surface area contributed by atoms with E-state index in [1.165, 1.54) is 4.90 Å². The lowest BCUT2D eigenvalue weighted by atomic mass is 10.4.